The lowest BCUT2D eigenvalue weighted by molar-refractivity contribution is -0.384. The Bertz CT molecular complexity index is 979. The lowest BCUT2D eigenvalue weighted by Gasteiger charge is -2.30. The molecule has 28 heavy (non-hydrogen) atoms. The Hall–Kier alpha value is -3.00. The van der Waals surface area contributed by atoms with Gasteiger partial charge in [-0.3, -0.25) is 14.9 Å². The van der Waals surface area contributed by atoms with Crippen molar-refractivity contribution >= 4 is 34.9 Å². The smallest absolute Gasteiger partial charge is 0.338 e. The van der Waals surface area contributed by atoms with Crippen LogP contribution in [0.15, 0.2) is 30.3 Å². The molecule has 9 heteroatoms. The summed E-state index contributed by atoms with van der Waals surface area (Å²) in [6.45, 7) is 1.90. The molecule has 0 bridgehead atoms. The third kappa shape index (κ3) is 3.68. The normalized spacial score (nSPS) is 13.0. The molecular formula is C19H16ClFN2O5. The predicted octanol–water partition coefficient (Wildman–Crippen LogP) is 4.16. The number of benzene rings is 2. The van der Waals surface area contributed by atoms with E-state index in [4.69, 9.17) is 16.3 Å². The number of hydrogen-bond acceptors (Lipinski definition) is 5. The van der Waals surface area contributed by atoms with Gasteiger partial charge in [0.15, 0.2) is 0 Å². The topological polar surface area (TPSA) is 89.8 Å². The van der Waals surface area contributed by atoms with E-state index in [0.29, 0.717) is 23.4 Å². The van der Waals surface area contributed by atoms with Crippen LogP contribution < -0.4 is 4.90 Å². The van der Waals surface area contributed by atoms with Gasteiger partial charge < -0.3 is 9.64 Å². The second kappa shape index (κ2) is 7.93. The number of esters is 1. The fourth-order valence-corrected chi connectivity index (χ4v) is 3.42. The fourth-order valence-electron chi connectivity index (χ4n) is 3.17. The molecule has 0 saturated heterocycles. The first-order valence-electron chi connectivity index (χ1n) is 8.58. The van der Waals surface area contributed by atoms with Crippen molar-refractivity contribution in [3.05, 3.63) is 68.0 Å². The van der Waals surface area contributed by atoms with Crippen molar-refractivity contribution in [1.29, 1.82) is 0 Å². The van der Waals surface area contributed by atoms with Gasteiger partial charge in [-0.05, 0) is 43.5 Å². The zero-order valence-corrected chi connectivity index (χ0v) is 15.7. The van der Waals surface area contributed by atoms with Crippen LogP contribution in [0.1, 0.15) is 39.6 Å². The molecule has 146 valence electrons. The van der Waals surface area contributed by atoms with Crippen molar-refractivity contribution in [3.8, 4) is 0 Å². The Balaban J connectivity index is 2.08. The third-order valence-corrected chi connectivity index (χ3v) is 4.74. The van der Waals surface area contributed by atoms with Gasteiger partial charge in [-0.2, -0.15) is 0 Å². The Kier molecular flexibility index (Phi) is 5.60. The number of nitro groups is 1. The van der Waals surface area contributed by atoms with Crippen molar-refractivity contribution in [3.63, 3.8) is 0 Å². The summed E-state index contributed by atoms with van der Waals surface area (Å²) in [6, 6.07) is 5.91. The summed E-state index contributed by atoms with van der Waals surface area (Å²) < 4.78 is 19.3. The molecule has 0 N–H and O–H groups in total. The van der Waals surface area contributed by atoms with Crippen LogP contribution in [0, 0.1) is 15.9 Å². The van der Waals surface area contributed by atoms with E-state index in [-0.39, 0.29) is 30.0 Å². The zero-order valence-electron chi connectivity index (χ0n) is 14.9. The van der Waals surface area contributed by atoms with E-state index in [1.807, 2.05) is 0 Å². The summed E-state index contributed by atoms with van der Waals surface area (Å²) in [5.41, 5.74) is -0.0874. The number of non-ortho nitro benzene ring substituents is 1. The Labute approximate surface area is 164 Å². The number of carbonyl (C=O) groups is 2. The van der Waals surface area contributed by atoms with Crippen molar-refractivity contribution in [2.45, 2.75) is 19.8 Å². The highest BCUT2D eigenvalue weighted by molar-refractivity contribution is 6.32. The van der Waals surface area contributed by atoms with Crippen LogP contribution >= 0.6 is 11.6 Å². The summed E-state index contributed by atoms with van der Waals surface area (Å²) in [5, 5.41) is 11.6. The molecular weight excluding hydrogens is 391 g/mol. The minimum Gasteiger partial charge on any atom is -0.462 e. The largest absolute Gasteiger partial charge is 0.462 e. The predicted molar refractivity (Wildman–Crippen MR) is 100 cm³/mol. The minimum absolute atomic E-state index is 0.0629. The molecule has 7 nitrogen and oxygen atoms in total. The molecule has 0 unspecified atom stereocenters. The summed E-state index contributed by atoms with van der Waals surface area (Å²) in [6.07, 6.45) is 1.07. The Morgan fingerprint density at radius 3 is 2.68 bits per heavy atom. The molecule has 1 amide bonds. The van der Waals surface area contributed by atoms with Crippen molar-refractivity contribution in [2.24, 2.45) is 0 Å². The van der Waals surface area contributed by atoms with Gasteiger partial charge in [0.05, 0.1) is 22.8 Å². The number of nitrogens with zero attached hydrogens (tertiary/aromatic N) is 2. The second-order valence-electron chi connectivity index (χ2n) is 6.16. The van der Waals surface area contributed by atoms with E-state index in [1.165, 1.54) is 23.1 Å². The molecule has 1 heterocycles. The van der Waals surface area contributed by atoms with Crippen LogP contribution in [-0.2, 0) is 11.2 Å². The van der Waals surface area contributed by atoms with Crippen LogP contribution in [0.2, 0.25) is 5.02 Å². The van der Waals surface area contributed by atoms with Crippen molar-refractivity contribution in [2.75, 3.05) is 18.1 Å². The lowest BCUT2D eigenvalue weighted by atomic mass is 9.99. The third-order valence-electron chi connectivity index (χ3n) is 4.39. The first-order chi connectivity index (χ1) is 13.3. The first kappa shape index (κ1) is 19.8. The molecule has 2 aromatic rings. The van der Waals surface area contributed by atoms with Gasteiger partial charge in [0, 0.05) is 29.3 Å². The standard InChI is InChI=1S/C19H16ClFN2O5/c1-2-28-19(25)12-8-11(9-13(10-12)23(26)27)18(24)22-7-3-4-14-15(20)5-6-16(21)17(14)22/h5-6,8-10H,2-4,7H2,1H3. The molecule has 0 radical (unpaired) electrons. The van der Waals surface area contributed by atoms with E-state index in [2.05, 4.69) is 0 Å². The number of halogens is 2. The number of rotatable bonds is 4. The van der Waals surface area contributed by atoms with Crippen LogP contribution in [0.5, 0.6) is 0 Å². The summed E-state index contributed by atoms with van der Waals surface area (Å²) in [4.78, 5) is 36.8. The maximum absolute atomic E-state index is 14.5. The van der Waals surface area contributed by atoms with Gasteiger partial charge in [0.2, 0.25) is 0 Å². The monoisotopic (exact) mass is 406 g/mol. The van der Waals surface area contributed by atoms with Crippen LogP contribution in [0.25, 0.3) is 0 Å². The average Bonchev–Trinajstić information content (AvgIpc) is 2.69. The number of ether oxygens (including phenoxy) is 1. The molecule has 3 rings (SSSR count). The molecule has 0 saturated carbocycles. The maximum Gasteiger partial charge on any atom is 0.338 e. The number of fused-ring (bicyclic) bond motifs is 1. The van der Waals surface area contributed by atoms with Gasteiger partial charge in [-0.1, -0.05) is 11.6 Å². The van der Waals surface area contributed by atoms with Gasteiger partial charge in [-0.25, -0.2) is 9.18 Å². The van der Waals surface area contributed by atoms with Crippen LogP contribution in [0.4, 0.5) is 15.8 Å². The van der Waals surface area contributed by atoms with Crippen molar-refractivity contribution in [1.82, 2.24) is 0 Å². The Morgan fingerprint density at radius 2 is 2.00 bits per heavy atom. The number of nitro benzene ring substituents is 1. The van der Waals surface area contributed by atoms with E-state index >= 15 is 0 Å². The fraction of sp³-hybridized carbons (Fsp3) is 0.263. The molecule has 0 spiro atoms. The van der Waals surface area contributed by atoms with Gasteiger partial charge in [0.1, 0.15) is 5.82 Å². The Morgan fingerprint density at radius 1 is 1.29 bits per heavy atom. The number of amides is 1. The number of anilines is 1. The maximum atomic E-state index is 14.5. The average molecular weight is 407 g/mol. The molecule has 2 aromatic carbocycles. The molecule has 0 aromatic heterocycles. The zero-order chi connectivity index (χ0) is 20.4. The summed E-state index contributed by atoms with van der Waals surface area (Å²) in [5.74, 6) is -2.05. The van der Waals surface area contributed by atoms with Crippen LogP contribution in [-0.4, -0.2) is 30.0 Å². The molecule has 1 aliphatic heterocycles. The molecule has 0 atom stereocenters. The van der Waals surface area contributed by atoms with E-state index in [9.17, 15) is 24.1 Å². The van der Waals surface area contributed by atoms with Gasteiger partial charge in [0.25, 0.3) is 11.6 Å². The highest BCUT2D eigenvalue weighted by Crippen LogP contribution is 2.36. The van der Waals surface area contributed by atoms with Gasteiger partial charge in [-0.15, -0.1) is 0 Å². The lowest BCUT2D eigenvalue weighted by Crippen LogP contribution is -2.36. The van der Waals surface area contributed by atoms with Crippen molar-refractivity contribution < 1.29 is 23.6 Å². The molecule has 0 fully saturated rings. The molecule has 0 aliphatic carbocycles. The second-order valence-corrected chi connectivity index (χ2v) is 6.57. The SMILES string of the molecule is CCOC(=O)c1cc(C(=O)N2CCCc3c(Cl)ccc(F)c32)cc([N+](=O)[O-])c1. The highest BCUT2D eigenvalue weighted by atomic mass is 35.5. The van der Waals surface area contributed by atoms with E-state index in [0.717, 1.165) is 12.1 Å². The summed E-state index contributed by atoms with van der Waals surface area (Å²) in [7, 11) is 0. The molecule has 1 aliphatic rings. The quantitative estimate of drug-likeness (QED) is 0.432. The highest BCUT2D eigenvalue weighted by Gasteiger charge is 2.29. The number of carbonyl (C=O) groups excluding carboxylic acids is 2. The summed E-state index contributed by atoms with van der Waals surface area (Å²) >= 11 is 6.14. The first-order valence-corrected chi connectivity index (χ1v) is 8.96. The van der Waals surface area contributed by atoms with E-state index in [1.54, 1.807) is 6.92 Å². The number of hydrogen-bond donors (Lipinski definition) is 0. The minimum atomic E-state index is -0.784. The van der Waals surface area contributed by atoms with Crippen LogP contribution in [0.3, 0.4) is 0 Å². The van der Waals surface area contributed by atoms with E-state index < -0.39 is 28.3 Å². The van der Waals surface area contributed by atoms with Gasteiger partial charge >= 0.3 is 5.97 Å².